The molecule has 0 radical (unpaired) electrons. The number of rotatable bonds is 2. The van der Waals surface area contributed by atoms with Crippen LogP contribution >= 0.6 is 0 Å². The summed E-state index contributed by atoms with van der Waals surface area (Å²) in [6.45, 7) is 0. The van der Waals surface area contributed by atoms with Crippen LogP contribution in [0.1, 0.15) is 0 Å². The zero-order valence-corrected chi connectivity index (χ0v) is 8.19. The Morgan fingerprint density at radius 3 is 1.75 bits per heavy atom. The van der Waals surface area contributed by atoms with Gasteiger partial charge in [0.05, 0.1) is 0 Å². The first kappa shape index (κ1) is 8.70. The van der Waals surface area contributed by atoms with E-state index in [0.29, 0.717) is 0 Å². The van der Waals surface area contributed by atoms with Gasteiger partial charge in [-0.25, -0.2) is 0 Å². The summed E-state index contributed by atoms with van der Waals surface area (Å²) in [5.41, 5.74) is 0. The summed E-state index contributed by atoms with van der Waals surface area (Å²) in [6.07, 6.45) is 0. The van der Waals surface area contributed by atoms with Crippen LogP contribution in [0.15, 0.2) is 0 Å². The Morgan fingerprint density at radius 1 is 1.38 bits per heavy atom. The molecule has 0 aliphatic carbocycles. The van der Waals surface area contributed by atoms with E-state index in [9.17, 15) is 8.42 Å². The summed E-state index contributed by atoms with van der Waals surface area (Å²) in [4.78, 5) is 3.48. The van der Waals surface area contributed by atoms with Crippen molar-refractivity contribution >= 4 is 25.5 Å². The minimum atomic E-state index is -3.07. The van der Waals surface area contributed by atoms with Crippen LogP contribution in [-0.4, -0.2) is 33.7 Å². The summed E-state index contributed by atoms with van der Waals surface area (Å²) in [7, 11) is -1.86. The molecule has 0 aliphatic heterocycles. The van der Waals surface area contributed by atoms with Crippen molar-refractivity contribution in [3.8, 4) is 0 Å². The quantitative estimate of drug-likeness (QED) is 0.660. The van der Waals surface area contributed by atoms with E-state index >= 15 is 0 Å². The average Bonchev–Trinajstić information content (AvgIpc) is 1.67. The molecule has 0 bridgehead atoms. The molecule has 0 atom stereocenters. The van der Waals surface area contributed by atoms with Crippen LogP contribution in [0, 0.1) is 0 Å². The Balaban J connectivity index is 4.17. The molecule has 0 amide bonds. The molecule has 0 saturated heterocycles. The molecule has 0 heterocycles. The van der Waals surface area contributed by atoms with Crippen molar-refractivity contribution in [2.24, 2.45) is 0 Å². The topological polar surface area (TPSA) is 43.4 Å². The fraction of sp³-hybridized carbons (Fsp3) is 1.00. The van der Waals surface area contributed by atoms with E-state index in [4.69, 9.17) is 0 Å². The van der Waals surface area contributed by atoms with Gasteiger partial charge in [0.25, 0.3) is 0 Å². The predicted molar refractivity (Wildman–Crippen MR) is 33.4 cm³/mol. The van der Waals surface area contributed by atoms with Gasteiger partial charge in [0.2, 0.25) is 0 Å². The zero-order chi connectivity index (χ0) is 6.78. The standard InChI is InChI=1S/C3H9O3STe/c1-6-7(4,5)8(2)3/h1-3H3/q+1. The molecule has 0 aromatic heterocycles. The molecule has 3 nitrogen and oxygen atoms in total. The van der Waals surface area contributed by atoms with E-state index in [0.717, 1.165) is 0 Å². The molecule has 0 aromatic rings. The van der Waals surface area contributed by atoms with Crippen LogP contribution in [0.3, 0.4) is 0 Å². The van der Waals surface area contributed by atoms with E-state index in [-0.39, 0.29) is 0 Å². The molecular formula is C3H9O3STe+. The van der Waals surface area contributed by atoms with E-state index in [1.807, 2.05) is 0 Å². The van der Waals surface area contributed by atoms with Gasteiger partial charge in [0.1, 0.15) is 0 Å². The Morgan fingerprint density at radius 2 is 1.75 bits per heavy atom. The second kappa shape index (κ2) is 3.02. The minimum absolute atomic E-state index is 1.20. The molecule has 0 spiro atoms. The molecule has 8 heavy (non-hydrogen) atoms. The molecule has 0 N–H and O–H groups in total. The van der Waals surface area contributed by atoms with E-state index in [2.05, 4.69) is 4.18 Å². The Kier molecular flexibility index (Phi) is 3.28. The molecule has 0 aliphatic rings. The van der Waals surface area contributed by atoms with Crippen LogP contribution in [0.4, 0.5) is 0 Å². The Hall–Kier alpha value is 0.700. The average molecular weight is 253 g/mol. The van der Waals surface area contributed by atoms with Gasteiger partial charge in [-0.3, -0.25) is 0 Å². The van der Waals surface area contributed by atoms with Crippen LogP contribution < -0.4 is 0 Å². The first-order valence-electron chi connectivity index (χ1n) is 1.89. The normalized spacial score (nSPS) is 12.5. The van der Waals surface area contributed by atoms with Crippen molar-refractivity contribution in [3.63, 3.8) is 0 Å². The molecule has 0 fully saturated rings. The van der Waals surface area contributed by atoms with Crippen LogP contribution in [0.25, 0.3) is 0 Å². The maximum absolute atomic E-state index is 10.6. The van der Waals surface area contributed by atoms with Gasteiger partial charge in [-0.05, 0) is 0 Å². The summed E-state index contributed by atoms with van der Waals surface area (Å²) in [5.74, 6) is 0. The molecule has 0 aromatic carbocycles. The Bertz CT molecular complexity index is 148. The fourth-order valence-electron chi connectivity index (χ4n) is 0.136. The van der Waals surface area contributed by atoms with Crippen LogP contribution in [-0.2, 0) is 11.5 Å². The first-order chi connectivity index (χ1) is 3.50. The molecule has 50 valence electrons. The molecule has 0 rings (SSSR count). The fourth-order valence-corrected chi connectivity index (χ4v) is 2.74. The van der Waals surface area contributed by atoms with E-state index < -0.39 is 25.5 Å². The summed E-state index contributed by atoms with van der Waals surface area (Å²) >= 11 is -1.90. The molecule has 5 heteroatoms. The van der Waals surface area contributed by atoms with Crippen molar-refractivity contribution < 1.29 is 12.6 Å². The van der Waals surface area contributed by atoms with Crippen LogP contribution in [0.2, 0.25) is 9.94 Å². The van der Waals surface area contributed by atoms with Crippen molar-refractivity contribution in [1.29, 1.82) is 0 Å². The SMILES string of the molecule is COS(=O)(=O)[Te+](C)C. The van der Waals surface area contributed by atoms with Crippen molar-refractivity contribution in [1.82, 2.24) is 0 Å². The van der Waals surface area contributed by atoms with E-state index in [1.54, 1.807) is 9.94 Å². The van der Waals surface area contributed by atoms with Gasteiger partial charge in [-0.2, -0.15) is 0 Å². The summed E-state index contributed by atoms with van der Waals surface area (Å²) < 4.78 is 25.4. The predicted octanol–water partition coefficient (Wildman–Crippen LogP) is 0.214. The van der Waals surface area contributed by atoms with Gasteiger partial charge >= 0.3 is 55.2 Å². The van der Waals surface area contributed by atoms with Crippen molar-refractivity contribution in [2.45, 2.75) is 9.94 Å². The zero-order valence-electron chi connectivity index (χ0n) is 5.04. The summed E-state index contributed by atoms with van der Waals surface area (Å²) in [5, 5.41) is 0. The van der Waals surface area contributed by atoms with Gasteiger partial charge in [0, 0.05) is 0 Å². The third-order valence-corrected chi connectivity index (χ3v) is 9.99. The van der Waals surface area contributed by atoms with Crippen molar-refractivity contribution in [3.05, 3.63) is 0 Å². The summed E-state index contributed by atoms with van der Waals surface area (Å²) in [6, 6.07) is 0. The second-order valence-electron chi connectivity index (χ2n) is 1.32. The first-order valence-corrected chi connectivity index (χ1v) is 10.7. The van der Waals surface area contributed by atoms with Crippen molar-refractivity contribution in [2.75, 3.05) is 7.11 Å². The van der Waals surface area contributed by atoms with Gasteiger partial charge < -0.3 is 0 Å². The molecular weight excluding hydrogens is 244 g/mol. The van der Waals surface area contributed by atoms with Gasteiger partial charge in [-0.15, -0.1) is 0 Å². The Labute approximate surface area is 55.3 Å². The maximum atomic E-state index is 10.6. The third kappa shape index (κ3) is 2.31. The molecule has 0 unspecified atom stereocenters. The number of hydrogen-bond acceptors (Lipinski definition) is 3. The second-order valence-corrected chi connectivity index (χ2v) is 14.7. The third-order valence-electron chi connectivity index (χ3n) is 0.612. The van der Waals surface area contributed by atoms with Gasteiger partial charge in [0.15, 0.2) is 0 Å². The van der Waals surface area contributed by atoms with Gasteiger partial charge in [-0.1, -0.05) is 0 Å². The van der Waals surface area contributed by atoms with Crippen LogP contribution in [0.5, 0.6) is 0 Å². The monoisotopic (exact) mass is 255 g/mol. The molecule has 0 saturated carbocycles. The van der Waals surface area contributed by atoms with E-state index in [1.165, 1.54) is 7.11 Å². The number of hydrogen-bond donors (Lipinski definition) is 0.